The maximum absolute atomic E-state index is 12.8. The summed E-state index contributed by atoms with van der Waals surface area (Å²) in [7, 11) is 0. The molecule has 2 aliphatic rings. The number of rotatable bonds is 2. The molecule has 1 aromatic rings. The molecule has 1 aliphatic heterocycles. The van der Waals surface area contributed by atoms with Crippen LogP contribution in [-0.2, 0) is 14.3 Å². The number of esters is 1. The highest BCUT2D eigenvalue weighted by molar-refractivity contribution is 6.02. The molecule has 3 rings (SSSR count). The summed E-state index contributed by atoms with van der Waals surface area (Å²) in [5.41, 5.74) is -1.20. The van der Waals surface area contributed by atoms with Gasteiger partial charge in [-0.3, -0.25) is 9.59 Å². The fraction of sp³-hybridized carbons (Fsp3) is 0.562. The quantitative estimate of drug-likeness (QED) is 0.849. The van der Waals surface area contributed by atoms with Crippen LogP contribution in [0.2, 0.25) is 0 Å². The van der Waals surface area contributed by atoms with Crippen LogP contribution in [0.1, 0.15) is 39.2 Å². The van der Waals surface area contributed by atoms with Gasteiger partial charge in [-0.15, -0.1) is 0 Å². The molecule has 2 bridgehead atoms. The zero-order chi connectivity index (χ0) is 15.5. The third-order valence-electron chi connectivity index (χ3n) is 5.60. The summed E-state index contributed by atoms with van der Waals surface area (Å²) < 4.78 is 5.55. The molecule has 0 aromatic carbocycles. The first-order valence-electron chi connectivity index (χ1n) is 7.20. The van der Waals surface area contributed by atoms with Gasteiger partial charge in [-0.25, -0.2) is 4.98 Å². The number of carbonyl (C=O) groups excluding carboxylic acids is 2. The Hall–Kier alpha value is -1.91. The number of anilines is 1. The van der Waals surface area contributed by atoms with Crippen LogP contribution in [0, 0.1) is 17.8 Å². The van der Waals surface area contributed by atoms with E-state index in [1.165, 1.54) is 0 Å². The Labute approximate surface area is 124 Å². The monoisotopic (exact) mass is 288 g/mol. The van der Waals surface area contributed by atoms with Crippen LogP contribution in [0.15, 0.2) is 18.3 Å². The van der Waals surface area contributed by atoms with Gasteiger partial charge in [-0.05, 0) is 38.3 Å². The van der Waals surface area contributed by atoms with E-state index in [1.807, 2.05) is 33.8 Å². The van der Waals surface area contributed by atoms with E-state index < -0.39 is 16.4 Å². The maximum Gasteiger partial charge on any atom is 0.313 e. The van der Waals surface area contributed by atoms with Gasteiger partial charge in [-0.2, -0.15) is 0 Å². The van der Waals surface area contributed by atoms with Crippen molar-refractivity contribution < 1.29 is 14.3 Å². The number of ether oxygens (including phenoxy) is 1. The molecule has 1 N–H and O–H groups in total. The molecule has 21 heavy (non-hydrogen) atoms. The number of pyridine rings is 1. The van der Waals surface area contributed by atoms with Crippen LogP contribution in [0.4, 0.5) is 5.82 Å². The summed E-state index contributed by atoms with van der Waals surface area (Å²) in [5.74, 6) is -0.0727. The topological polar surface area (TPSA) is 68.3 Å². The molecule has 2 fully saturated rings. The first kappa shape index (κ1) is 14.0. The van der Waals surface area contributed by atoms with E-state index in [4.69, 9.17) is 4.74 Å². The van der Waals surface area contributed by atoms with E-state index in [0.717, 1.165) is 5.56 Å². The average molecular weight is 288 g/mol. The molecule has 2 atom stereocenters. The molecule has 1 saturated carbocycles. The summed E-state index contributed by atoms with van der Waals surface area (Å²) >= 11 is 0. The predicted molar refractivity (Wildman–Crippen MR) is 77.5 cm³/mol. The number of nitrogens with zero attached hydrogens (tertiary/aromatic N) is 1. The zero-order valence-corrected chi connectivity index (χ0v) is 12.8. The molecule has 112 valence electrons. The lowest BCUT2D eigenvalue weighted by molar-refractivity contribution is -0.165. The highest BCUT2D eigenvalue weighted by Gasteiger charge is 2.75. The van der Waals surface area contributed by atoms with Gasteiger partial charge >= 0.3 is 5.97 Å². The summed E-state index contributed by atoms with van der Waals surface area (Å²) in [6, 6.07) is 3.63. The average Bonchev–Trinajstić information content (AvgIpc) is 2.72. The lowest BCUT2D eigenvalue weighted by Crippen LogP contribution is -2.50. The Morgan fingerprint density at radius 1 is 1.29 bits per heavy atom. The molecule has 1 aromatic heterocycles. The lowest BCUT2D eigenvalue weighted by atomic mass is 9.66. The highest BCUT2D eigenvalue weighted by Crippen LogP contribution is 2.65. The number of amides is 1. The summed E-state index contributed by atoms with van der Waals surface area (Å²) in [6.45, 7) is 7.70. The van der Waals surface area contributed by atoms with Gasteiger partial charge in [0.25, 0.3) is 5.91 Å². The summed E-state index contributed by atoms with van der Waals surface area (Å²) in [4.78, 5) is 29.1. The minimum Gasteiger partial charge on any atom is -0.448 e. The van der Waals surface area contributed by atoms with E-state index in [9.17, 15) is 9.59 Å². The smallest absolute Gasteiger partial charge is 0.313 e. The van der Waals surface area contributed by atoms with Crippen molar-refractivity contribution in [2.75, 3.05) is 5.32 Å². The molecule has 2 heterocycles. The van der Waals surface area contributed by atoms with Gasteiger partial charge in [-0.1, -0.05) is 19.9 Å². The normalized spacial score (nSPS) is 32.9. The van der Waals surface area contributed by atoms with E-state index in [2.05, 4.69) is 10.3 Å². The largest absolute Gasteiger partial charge is 0.448 e. The molecule has 0 radical (unpaired) electrons. The van der Waals surface area contributed by atoms with Crippen LogP contribution in [0.3, 0.4) is 0 Å². The fourth-order valence-electron chi connectivity index (χ4n) is 3.51. The van der Waals surface area contributed by atoms with Crippen LogP contribution >= 0.6 is 0 Å². The number of hydrogen-bond acceptors (Lipinski definition) is 4. The van der Waals surface area contributed by atoms with Crippen LogP contribution in [0.5, 0.6) is 0 Å². The van der Waals surface area contributed by atoms with Gasteiger partial charge in [0.2, 0.25) is 0 Å². The van der Waals surface area contributed by atoms with Gasteiger partial charge in [0.15, 0.2) is 5.60 Å². The van der Waals surface area contributed by atoms with E-state index in [-0.39, 0.29) is 11.9 Å². The molecule has 5 heteroatoms. The second-order valence-corrected chi connectivity index (χ2v) is 6.85. The molecule has 0 spiro atoms. The van der Waals surface area contributed by atoms with Crippen molar-refractivity contribution in [2.45, 2.75) is 46.1 Å². The van der Waals surface area contributed by atoms with Crippen molar-refractivity contribution in [3.8, 4) is 0 Å². The third kappa shape index (κ3) is 1.60. The standard InChI is InChI=1S/C16H20N2O3/c1-10-5-6-11(17-9-10)18-12(19)16-8-7-15(4,13(20)21-16)14(16,2)3/h5-6,9H,7-8H2,1-4H3,(H,17,18,19)/t15-,16+/m1/s1. The molecule has 0 unspecified atom stereocenters. The molecule has 1 amide bonds. The number of aryl methyl sites for hydroxylation is 1. The molecule has 1 aliphatic carbocycles. The second-order valence-electron chi connectivity index (χ2n) is 6.85. The molecule has 1 saturated heterocycles. The highest BCUT2D eigenvalue weighted by atomic mass is 16.6. The van der Waals surface area contributed by atoms with Gasteiger partial charge < -0.3 is 10.1 Å². The molecular weight excluding hydrogens is 268 g/mol. The van der Waals surface area contributed by atoms with Gasteiger partial charge in [0.05, 0.1) is 5.41 Å². The number of fused-ring (bicyclic) bond motifs is 2. The Morgan fingerprint density at radius 3 is 2.48 bits per heavy atom. The van der Waals surface area contributed by atoms with Crippen molar-refractivity contribution in [1.29, 1.82) is 0 Å². The van der Waals surface area contributed by atoms with Crippen molar-refractivity contribution >= 4 is 17.7 Å². The predicted octanol–water partition coefficient (Wildman–Crippen LogP) is 2.45. The van der Waals surface area contributed by atoms with Crippen molar-refractivity contribution in [3.63, 3.8) is 0 Å². The van der Waals surface area contributed by atoms with Crippen LogP contribution in [-0.4, -0.2) is 22.5 Å². The minimum atomic E-state index is -1.09. The van der Waals surface area contributed by atoms with Crippen molar-refractivity contribution in [1.82, 2.24) is 4.98 Å². The van der Waals surface area contributed by atoms with Crippen LogP contribution < -0.4 is 5.32 Å². The SMILES string of the molecule is Cc1ccc(NC(=O)[C@]23CC[C@](C)(C(=O)O2)C3(C)C)nc1. The number of hydrogen-bond donors (Lipinski definition) is 1. The van der Waals surface area contributed by atoms with Crippen molar-refractivity contribution in [2.24, 2.45) is 10.8 Å². The molecular formula is C16H20N2O3. The van der Waals surface area contributed by atoms with Crippen molar-refractivity contribution in [3.05, 3.63) is 23.9 Å². The number of aromatic nitrogens is 1. The Balaban J connectivity index is 1.91. The van der Waals surface area contributed by atoms with Gasteiger partial charge in [0, 0.05) is 11.6 Å². The number of carbonyl (C=O) groups is 2. The Bertz CT molecular complexity index is 623. The summed E-state index contributed by atoms with van der Waals surface area (Å²) in [6.07, 6.45) is 2.92. The fourth-order valence-corrected chi connectivity index (χ4v) is 3.51. The Kier molecular flexibility index (Phi) is 2.71. The first-order chi connectivity index (χ1) is 9.73. The van der Waals surface area contributed by atoms with Crippen LogP contribution in [0.25, 0.3) is 0 Å². The second kappa shape index (κ2) is 4.06. The van der Waals surface area contributed by atoms with E-state index in [1.54, 1.807) is 12.3 Å². The molecule has 5 nitrogen and oxygen atoms in total. The maximum atomic E-state index is 12.8. The van der Waals surface area contributed by atoms with E-state index in [0.29, 0.717) is 18.7 Å². The lowest BCUT2D eigenvalue weighted by Gasteiger charge is -2.35. The zero-order valence-electron chi connectivity index (χ0n) is 12.8. The Morgan fingerprint density at radius 2 is 2.00 bits per heavy atom. The number of nitrogens with one attached hydrogen (secondary N) is 1. The van der Waals surface area contributed by atoms with E-state index >= 15 is 0 Å². The third-order valence-corrected chi connectivity index (χ3v) is 5.60. The summed E-state index contributed by atoms with van der Waals surface area (Å²) in [5, 5.41) is 2.80. The van der Waals surface area contributed by atoms with Gasteiger partial charge in [0.1, 0.15) is 5.82 Å². The first-order valence-corrected chi connectivity index (χ1v) is 7.20. The minimum absolute atomic E-state index is 0.272.